The van der Waals surface area contributed by atoms with Crippen LogP contribution in [-0.4, -0.2) is 72.5 Å². The zero-order valence-corrected chi connectivity index (χ0v) is 20.2. The maximum Gasteiger partial charge on any atom is 0.340 e. The van der Waals surface area contributed by atoms with Gasteiger partial charge in [0.2, 0.25) is 5.91 Å². The standard InChI is InChI=1S/C28H32N4O3/c1-3-14-29-25(33)20-32-17-15-31(16-18-32)19-24-27(28(34)35-4-2)26(21-10-6-5-7-11-21)22-12-8-9-13-23(22)30-24/h3,5-13H,1,4,14-20H2,2H3,(H,29,33). The molecule has 1 N–H and O–H groups in total. The van der Waals surface area contributed by atoms with Crippen molar-refractivity contribution in [3.8, 4) is 11.1 Å². The smallest absolute Gasteiger partial charge is 0.340 e. The van der Waals surface area contributed by atoms with Crippen LogP contribution in [0.3, 0.4) is 0 Å². The number of nitrogens with one attached hydrogen (secondary N) is 1. The molecule has 1 amide bonds. The molecule has 4 rings (SSSR count). The fourth-order valence-corrected chi connectivity index (χ4v) is 4.47. The fourth-order valence-electron chi connectivity index (χ4n) is 4.47. The Morgan fingerprint density at radius 2 is 1.71 bits per heavy atom. The molecular formula is C28H32N4O3. The molecule has 0 saturated carbocycles. The molecule has 1 fully saturated rings. The van der Waals surface area contributed by atoms with E-state index >= 15 is 0 Å². The number of rotatable bonds is 9. The average Bonchev–Trinajstić information content (AvgIpc) is 2.88. The van der Waals surface area contributed by atoms with Crippen LogP contribution in [-0.2, 0) is 16.1 Å². The number of pyridine rings is 1. The maximum absolute atomic E-state index is 13.3. The van der Waals surface area contributed by atoms with E-state index in [1.807, 2.05) is 61.5 Å². The number of carbonyl (C=O) groups excluding carboxylic acids is 2. The van der Waals surface area contributed by atoms with Gasteiger partial charge in [0.25, 0.3) is 0 Å². The first kappa shape index (κ1) is 24.6. The molecule has 0 atom stereocenters. The summed E-state index contributed by atoms with van der Waals surface area (Å²) in [6.07, 6.45) is 1.68. The summed E-state index contributed by atoms with van der Waals surface area (Å²) in [4.78, 5) is 34.7. The Bertz CT molecular complexity index is 1190. The Balaban J connectivity index is 1.63. The average molecular weight is 473 g/mol. The van der Waals surface area contributed by atoms with Gasteiger partial charge in [0.05, 0.1) is 29.9 Å². The van der Waals surface area contributed by atoms with Gasteiger partial charge in [-0.15, -0.1) is 6.58 Å². The Morgan fingerprint density at radius 3 is 2.43 bits per heavy atom. The lowest BCUT2D eigenvalue weighted by Crippen LogP contribution is -2.49. The molecule has 7 heteroatoms. The second kappa shape index (κ2) is 11.7. The van der Waals surface area contributed by atoms with Crippen molar-refractivity contribution in [3.63, 3.8) is 0 Å². The molecule has 1 saturated heterocycles. The number of amides is 1. The van der Waals surface area contributed by atoms with Crippen LogP contribution in [0.4, 0.5) is 0 Å². The Kier molecular flexibility index (Phi) is 8.23. The number of hydrogen-bond donors (Lipinski definition) is 1. The molecule has 0 spiro atoms. The lowest BCUT2D eigenvalue weighted by molar-refractivity contribution is -0.122. The molecule has 0 bridgehead atoms. The van der Waals surface area contributed by atoms with Crippen LogP contribution in [0.5, 0.6) is 0 Å². The minimum Gasteiger partial charge on any atom is -0.462 e. The van der Waals surface area contributed by atoms with Gasteiger partial charge in [-0.2, -0.15) is 0 Å². The molecule has 0 radical (unpaired) electrons. The monoisotopic (exact) mass is 472 g/mol. The SMILES string of the molecule is C=CCNC(=O)CN1CCN(Cc2nc3ccccc3c(-c3ccccc3)c2C(=O)OCC)CC1. The highest BCUT2D eigenvalue weighted by atomic mass is 16.5. The van der Waals surface area contributed by atoms with Crippen molar-refractivity contribution in [2.75, 3.05) is 45.9 Å². The van der Waals surface area contributed by atoms with Crippen LogP contribution in [0.2, 0.25) is 0 Å². The molecular weight excluding hydrogens is 440 g/mol. The van der Waals surface area contributed by atoms with Crippen LogP contribution in [0.15, 0.2) is 67.3 Å². The van der Waals surface area contributed by atoms with E-state index in [-0.39, 0.29) is 11.9 Å². The minimum absolute atomic E-state index is 0.00615. The molecule has 1 aromatic heterocycles. The van der Waals surface area contributed by atoms with Crippen molar-refractivity contribution in [3.05, 3.63) is 78.5 Å². The zero-order valence-electron chi connectivity index (χ0n) is 20.2. The lowest BCUT2D eigenvalue weighted by Gasteiger charge is -2.34. The lowest BCUT2D eigenvalue weighted by atomic mass is 9.93. The van der Waals surface area contributed by atoms with Gasteiger partial charge in [0.15, 0.2) is 0 Å². The molecule has 2 aromatic carbocycles. The van der Waals surface area contributed by atoms with E-state index in [4.69, 9.17) is 9.72 Å². The first-order chi connectivity index (χ1) is 17.1. The fraction of sp³-hybridized carbons (Fsp3) is 0.321. The minimum atomic E-state index is -0.350. The summed E-state index contributed by atoms with van der Waals surface area (Å²) >= 11 is 0. The van der Waals surface area contributed by atoms with Crippen molar-refractivity contribution in [1.82, 2.24) is 20.1 Å². The summed E-state index contributed by atoms with van der Waals surface area (Å²) in [7, 11) is 0. The molecule has 182 valence electrons. The number of hydrogen-bond acceptors (Lipinski definition) is 6. The van der Waals surface area contributed by atoms with Crippen molar-refractivity contribution in [1.29, 1.82) is 0 Å². The van der Waals surface area contributed by atoms with E-state index in [2.05, 4.69) is 21.7 Å². The molecule has 1 aliphatic rings. The van der Waals surface area contributed by atoms with E-state index in [0.29, 0.717) is 31.8 Å². The van der Waals surface area contributed by atoms with E-state index in [1.165, 1.54) is 0 Å². The largest absolute Gasteiger partial charge is 0.462 e. The molecule has 7 nitrogen and oxygen atoms in total. The number of ether oxygens (including phenoxy) is 1. The predicted molar refractivity (Wildman–Crippen MR) is 138 cm³/mol. The van der Waals surface area contributed by atoms with Crippen LogP contribution < -0.4 is 5.32 Å². The van der Waals surface area contributed by atoms with Crippen LogP contribution in [0.1, 0.15) is 23.0 Å². The summed E-state index contributed by atoms with van der Waals surface area (Å²) < 4.78 is 5.50. The van der Waals surface area contributed by atoms with Crippen molar-refractivity contribution < 1.29 is 14.3 Å². The van der Waals surface area contributed by atoms with Crippen molar-refractivity contribution >= 4 is 22.8 Å². The highest BCUT2D eigenvalue weighted by Gasteiger charge is 2.26. The van der Waals surface area contributed by atoms with E-state index in [9.17, 15) is 9.59 Å². The normalized spacial score (nSPS) is 14.5. The van der Waals surface area contributed by atoms with Crippen LogP contribution in [0, 0.1) is 0 Å². The van der Waals surface area contributed by atoms with Crippen molar-refractivity contribution in [2.45, 2.75) is 13.5 Å². The zero-order chi connectivity index (χ0) is 24.6. The van der Waals surface area contributed by atoms with Crippen LogP contribution >= 0.6 is 0 Å². The number of piperazine rings is 1. The quantitative estimate of drug-likeness (QED) is 0.380. The van der Waals surface area contributed by atoms with E-state index in [1.54, 1.807) is 6.08 Å². The van der Waals surface area contributed by atoms with Gasteiger partial charge in [-0.25, -0.2) is 4.79 Å². The third kappa shape index (κ3) is 5.93. The third-order valence-electron chi connectivity index (χ3n) is 6.16. The second-order valence-electron chi connectivity index (χ2n) is 8.56. The summed E-state index contributed by atoms with van der Waals surface area (Å²) in [6, 6.07) is 17.9. The number of fused-ring (bicyclic) bond motifs is 1. The highest BCUT2D eigenvalue weighted by Crippen LogP contribution is 2.34. The molecule has 0 unspecified atom stereocenters. The van der Waals surface area contributed by atoms with E-state index < -0.39 is 0 Å². The molecule has 0 aliphatic carbocycles. The van der Waals surface area contributed by atoms with Crippen molar-refractivity contribution in [2.24, 2.45) is 0 Å². The summed E-state index contributed by atoms with van der Waals surface area (Å²) in [6.45, 7) is 10.3. The topological polar surface area (TPSA) is 74.8 Å². The highest BCUT2D eigenvalue weighted by molar-refractivity contribution is 6.07. The molecule has 2 heterocycles. The predicted octanol–water partition coefficient (Wildman–Crippen LogP) is 3.50. The first-order valence-electron chi connectivity index (χ1n) is 12.1. The number of nitrogens with zero attached hydrogens (tertiary/aromatic N) is 3. The van der Waals surface area contributed by atoms with Gasteiger partial charge in [-0.05, 0) is 18.6 Å². The summed E-state index contributed by atoms with van der Waals surface area (Å²) in [5.74, 6) is -0.344. The molecule has 35 heavy (non-hydrogen) atoms. The van der Waals surface area contributed by atoms with Gasteiger partial charge in [0.1, 0.15) is 0 Å². The first-order valence-corrected chi connectivity index (χ1v) is 12.1. The maximum atomic E-state index is 13.3. The number of esters is 1. The Labute approximate surface area is 206 Å². The number of para-hydroxylation sites is 1. The molecule has 1 aliphatic heterocycles. The van der Waals surface area contributed by atoms with Gasteiger partial charge >= 0.3 is 5.97 Å². The third-order valence-corrected chi connectivity index (χ3v) is 6.16. The number of carbonyl (C=O) groups is 2. The van der Waals surface area contributed by atoms with Gasteiger partial charge in [0, 0.05) is 50.2 Å². The number of benzene rings is 2. The van der Waals surface area contributed by atoms with Gasteiger partial charge < -0.3 is 10.1 Å². The summed E-state index contributed by atoms with van der Waals surface area (Å²) in [5, 5.41) is 3.76. The summed E-state index contributed by atoms with van der Waals surface area (Å²) in [5.41, 5.74) is 3.93. The Morgan fingerprint density at radius 1 is 1.03 bits per heavy atom. The van der Waals surface area contributed by atoms with E-state index in [0.717, 1.165) is 53.9 Å². The van der Waals surface area contributed by atoms with Gasteiger partial charge in [-0.3, -0.25) is 19.6 Å². The number of aromatic nitrogens is 1. The second-order valence-corrected chi connectivity index (χ2v) is 8.56. The Hall–Kier alpha value is -3.55. The molecule has 3 aromatic rings. The van der Waals surface area contributed by atoms with Crippen LogP contribution in [0.25, 0.3) is 22.0 Å². The van der Waals surface area contributed by atoms with Gasteiger partial charge in [-0.1, -0.05) is 54.6 Å².